The fourth-order valence-electron chi connectivity index (χ4n) is 3.88. The number of amides is 3. The summed E-state index contributed by atoms with van der Waals surface area (Å²) in [6.07, 6.45) is 3.82. The molecule has 5 N–H and O–H groups in total. The van der Waals surface area contributed by atoms with Crippen LogP contribution in [0.15, 0.2) is 0 Å². The van der Waals surface area contributed by atoms with Crippen LogP contribution in [0.1, 0.15) is 73.0 Å². The summed E-state index contributed by atoms with van der Waals surface area (Å²) in [5.41, 5.74) is 11.3. The molecule has 1 aromatic rings. The number of rotatable bonds is 14. The van der Waals surface area contributed by atoms with Crippen molar-refractivity contribution in [1.29, 1.82) is 0 Å². The highest BCUT2D eigenvalue weighted by atomic mass is 32.1. The van der Waals surface area contributed by atoms with Gasteiger partial charge in [-0.1, -0.05) is 33.6 Å². The second kappa shape index (κ2) is 14.2. The van der Waals surface area contributed by atoms with E-state index in [0.29, 0.717) is 45.1 Å². The molecular weight excluding hydrogens is 456 g/mol. The van der Waals surface area contributed by atoms with Crippen molar-refractivity contribution in [3.05, 3.63) is 10.6 Å². The van der Waals surface area contributed by atoms with Crippen LogP contribution in [-0.4, -0.2) is 83.9 Å². The summed E-state index contributed by atoms with van der Waals surface area (Å²) in [4.78, 5) is 42.5. The molecule has 0 aromatic carbocycles. The third kappa shape index (κ3) is 8.21. The van der Waals surface area contributed by atoms with Gasteiger partial charge in [0.25, 0.3) is 11.8 Å². The molecule has 1 aromatic heterocycles. The number of morpholine rings is 1. The monoisotopic (exact) mass is 496 g/mol. The number of nitrogen functional groups attached to an aromatic ring is 1. The maximum atomic E-state index is 13.6. The number of unbranched alkanes of at least 4 members (excludes halogenated alkanes) is 1. The number of primary amides is 1. The van der Waals surface area contributed by atoms with Gasteiger partial charge in [-0.3, -0.25) is 19.3 Å². The average Bonchev–Trinajstić information content (AvgIpc) is 3.19. The molecule has 2 rings (SSSR count). The molecule has 0 unspecified atom stereocenters. The quantitative estimate of drug-likeness (QED) is 0.356. The highest BCUT2D eigenvalue weighted by Gasteiger charge is 2.33. The van der Waals surface area contributed by atoms with E-state index in [9.17, 15) is 14.4 Å². The molecule has 0 aliphatic carbocycles. The van der Waals surface area contributed by atoms with E-state index in [-0.39, 0.29) is 28.1 Å². The van der Waals surface area contributed by atoms with Gasteiger partial charge in [-0.15, -0.1) is 0 Å². The summed E-state index contributed by atoms with van der Waals surface area (Å²) in [5.74, 6) is -0.859. The zero-order chi connectivity index (χ0) is 25.1. The fourth-order valence-corrected chi connectivity index (χ4v) is 4.64. The lowest BCUT2D eigenvalue weighted by Crippen LogP contribution is -2.50. The molecule has 34 heavy (non-hydrogen) atoms. The van der Waals surface area contributed by atoms with Crippen molar-refractivity contribution in [3.8, 4) is 0 Å². The lowest BCUT2D eigenvalue weighted by atomic mass is 10.1. The van der Waals surface area contributed by atoms with Crippen molar-refractivity contribution in [3.63, 3.8) is 0 Å². The Labute approximate surface area is 206 Å². The molecule has 1 aliphatic rings. The number of nitrogens with zero attached hydrogens (tertiary/aromatic N) is 3. The van der Waals surface area contributed by atoms with Gasteiger partial charge >= 0.3 is 0 Å². The van der Waals surface area contributed by atoms with Crippen LogP contribution in [0.4, 0.5) is 5.69 Å². The number of carbonyl (C=O) groups is 3. The Morgan fingerprint density at radius 1 is 1.21 bits per heavy atom. The van der Waals surface area contributed by atoms with Crippen molar-refractivity contribution >= 4 is 34.9 Å². The molecule has 1 aliphatic heterocycles. The predicted octanol–water partition coefficient (Wildman–Crippen LogP) is 1.71. The molecule has 0 saturated carbocycles. The van der Waals surface area contributed by atoms with Crippen molar-refractivity contribution in [2.24, 2.45) is 11.7 Å². The van der Waals surface area contributed by atoms with Gasteiger partial charge in [-0.25, -0.2) is 0 Å². The van der Waals surface area contributed by atoms with E-state index < -0.39 is 11.9 Å². The van der Waals surface area contributed by atoms with E-state index in [1.807, 2.05) is 0 Å². The Balaban J connectivity index is 2.24. The van der Waals surface area contributed by atoms with Crippen molar-refractivity contribution in [2.75, 3.05) is 51.7 Å². The Kier molecular flexibility index (Phi) is 11.7. The molecule has 0 bridgehead atoms. The van der Waals surface area contributed by atoms with Crippen LogP contribution in [-0.2, 0) is 9.53 Å². The normalized spacial score (nSPS) is 15.3. The van der Waals surface area contributed by atoms with E-state index in [2.05, 4.69) is 35.4 Å². The van der Waals surface area contributed by atoms with Crippen LogP contribution in [0.5, 0.6) is 0 Å². The molecule has 0 spiro atoms. The molecule has 0 radical (unpaired) electrons. The molecular formula is C23H40N6O4S. The van der Waals surface area contributed by atoms with E-state index in [0.717, 1.165) is 50.4 Å². The van der Waals surface area contributed by atoms with Crippen LogP contribution in [0.3, 0.4) is 0 Å². The highest BCUT2D eigenvalue weighted by Crippen LogP contribution is 2.25. The molecule has 1 atom stereocenters. The zero-order valence-corrected chi connectivity index (χ0v) is 21.5. The summed E-state index contributed by atoms with van der Waals surface area (Å²) >= 11 is 0.851. The molecule has 3 amide bonds. The fraction of sp³-hybridized carbons (Fsp3) is 0.739. The highest BCUT2D eigenvalue weighted by molar-refractivity contribution is 7.09. The van der Waals surface area contributed by atoms with Gasteiger partial charge in [0.1, 0.15) is 10.9 Å². The maximum absolute atomic E-state index is 13.6. The minimum absolute atomic E-state index is 0.0184. The molecule has 10 nitrogen and oxygen atoms in total. The van der Waals surface area contributed by atoms with Gasteiger partial charge in [0.15, 0.2) is 5.69 Å². The zero-order valence-electron chi connectivity index (χ0n) is 20.7. The van der Waals surface area contributed by atoms with E-state index >= 15 is 0 Å². The summed E-state index contributed by atoms with van der Waals surface area (Å²) < 4.78 is 9.39. The number of ether oxygens (including phenoxy) is 1. The molecule has 1 saturated heterocycles. The van der Waals surface area contributed by atoms with Gasteiger partial charge in [0, 0.05) is 32.7 Å². The molecule has 192 valence electrons. The van der Waals surface area contributed by atoms with Crippen molar-refractivity contribution in [1.82, 2.24) is 19.5 Å². The first-order valence-corrected chi connectivity index (χ1v) is 13.0. The number of hydrogen-bond acceptors (Lipinski definition) is 8. The minimum atomic E-state index is -0.777. The molecule has 11 heteroatoms. The lowest BCUT2D eigenvalue weighted by Gasteiger charge is -2.32. The first-order chi connectivity index (χ1) is 16.3. The number of hydrogen-bond donors (Lipinski definition) is 3. The third-order valence-corrected chi connectivity index (χ3v) is 6.78. The van der Waals surface area contributed by atoms with Crippen LogP contribution >= 0.6 is 11.5 Å². The number of carbonyl (C=O) groups excluding carboxylic acids is 3. The second-order valence-corrected chi connectivity index (χ2v) is 9.85. The van der Waals surface area contributed by atoms with Crippen LogP contribution in [0, 0.1) is 5.92 Å². The van der Waals surface area contributed by atoms with Crippen molar-refractivity contribution in [2.45, 2.75) is 58.9 Å². The Hall–Kier alpha value is -2.24. The summed E-state index contributed by atoms with van der Waals surface area (Å²) in [6, 6.07) is -0.622. The minimum Gasteiger partial charge on any atom is -0.395 e. The topological polar surface area (TPSA) is 144 Å². The molecule has 2 heterocycles. The SMILES string of the molecule is CCCC[C@@H](C(=O)NCCC(C)C)N(CCCN1CCOCC1)C(=O)c1snc(C(N)=O)c1N. The van der Waals surface area contributed by atoms with Gasteiger partial charge in [-0.2, -0.15) is 4.37 Å². The van der Waals surface area contributed by atoms with E-state index in [1.165, 1.54) is 0 Å². The first kappa shape index (κ1) is 28.0. The Morgan fingerprint density at radius 3 is 2.50 bits per heavy atom. The van der Waals surface area contributed by atoms with Gasteiger partial charge < -0.3 is 26.4 Å². The van der Waals surface area contributed by atoms with E-state index in [4.69, 9.17) is 16.2 Å². The van der Waals surface area contributed by atoms with Crippen LogP contribution in [0.2, 0.25) is 0 Å². The van der Waals surface area contributed by atoms with Gasteiger partial charge in [0.2, 0.25) is 5.91 Å². The summed E-state index contributed by atoms with van der Waals surface area (Å²) in [5, 5.41) is 3.01. The van der Waals surface area contributed by atoms with Gasteiger partial charge in [0.05, 0.1) is 18.9 Å². The smallest absolute Gasteiger partial charge is 0.270 e. The average molecular weight is 497 g/mol. The summed E-state index contributed by atoms with van der Waals surface area (Å²) in [7, 11) is 0. The standard InChI is InChI=1S/C23H40N6O4S/c1-4-5-7-17(22(31)26-9-8-16(2)3)29(11-6-10-28-12-14-33-15-13-28)23(32)20-18(24)19(21(25)30)27-34-20/h16-17H,4-15,24H2,1-3H3,(H2,25,30)(H,26,31)/t17-/m0/s1. The lowest BCUT2D eigenvalue weighted by molar-refractivity contribution is -0.126. The predicted molar refractivity (Wildman–Crippen MR) is 134 cm³/mol. The number of anilines is 1. The number of aromatic nitrogens is 1. The third-order valence-electron chi connectivity index (χ3n) is 5.92. The Bertz CT molecular complexity index is 809. The van der Waals surface area contributed by atoms with E-state index in [1.54, 1.807) is 4.90 Å². The van der Waals surface area contributed by atoms with Gasteiger partial charge in [-0.05, 0) is 36.7 Å². The number of nitrogens with two attached hydrogens (primary N) is 2. The maximum Gasteiger partial charge on any atom is 0.270 e. The summed E-state index contributed by atoms with van der Waals surface area (Å²) in [6.45, 7) is 11.1. The Morgan fingerprint density at radius 2 is 1.91 bits per heavy atom. The van der Waals surface area contributed by atoms with Crippen molar-refractivity contribution < 1.29 is 19.1 Å². The second-order valence-electron chi connectivity index (χ2n) is 9.08. The largest absolute Gasteiger partial charge is 0.395 e. The van der Waals surface area contributed by atoms with Crippen LogP contribution in [0.25, 0.3) is 0 Å². The molecule has 1 fully saturated rings. The first-order valence-electron chi connectivity index (χ1n) is 12.2. The van der Waals surface area contributed by atoms with Crippen LogP contribution < -0.4 is 16.8 Å². The number of nitrogens with one attached hydrogen (secondary N) is 1.